The lowest BCUT2D eigenvalue weighted by Crippen LogP contribution is -2.20. The van der Waals surface area contributed by atoms with Crippen molar-refractivity contribution in [3.05, 3.63) is 10.4 Å². The molecule has 1 aliphatic rings. The smallest absolute Gasteiger partial charge is 0.163 e. The molecule has 1 fully saturated rings. The second-order valence-corrected chi connectivity index (χ2v) is 2.49. The minimum absolute atomic E-state index is 0.344. The van der Waals surface area contributed by atoms with Crippen LogP contribution in [0.5, 0.6) is 0 Å². The van der Waals surface area contributed by atoms with E-state index in [0.717, 1.165) is 0 Å². The Labute approximate surface area is 58.6 Å². The van der Waals surface area contributed by atoms with E-state index < -0.39 is 12.0 Å². The van der Waals surface area contributed by atoms with Crippen molar-refractivity contribution in [3.63, 3.8) is 0 Å². The molecule has 0 aliphatic carbocycles. The standard InChI is InChI=1S/C5H9N3O2/c1-5(2)9-3-4(10-5)7-8-6/h4H,3H2,1-2H3. The van der Waals surface area contributed by atoms with Crippen LogP contribution in [0, 0.1) is 0 Å². The van der Waals surface area contributed by atoms with E-state index in [-0.39, 0.29) is 0 Å². The largest absolute Gasteiger partial charge is 0.348 e. The second-order valence-electron chi connectivity index (χ2n) is 2.49. The van der Waals surface area contributed by atoms with Crippen LogP contribution >= 0.6 is 0 Å². The zero-order valence-electron chi connectivity index (χ0n) is 5.94. The fourth-order valence-electron chi connectivity index (χ4n) is 0.782. The zero-order chi connectivity index (χ0) is 7.61. The molecule has 0 saturated carbocycles. The van der Waals surface area contributed by atoms with Gasteiger partial charge < -0.3 is 9.47 Å². The summed E-state index contributed by atoms with van der Waals surface area (Å²) in [7, 11) is 0. The van der Waals surface area contributed by atoms with Crippen LogP contribution < -0.4 is 0 Å². The van der Waals surface area contributed by atoms with E-state index >= 15 is 0 Å². The molecule has 0 amide bonds. The average Bonchev–Trinajstić information content (AvgIpc) is 2.12. The number of hydrogen-bond donors (Lipinski definition) is 0. The van der Waals surface area contributed by atoms with E-state index in [0.29, 0.717) is 6.61 Å². The Morgan fingerprint density at radius 3 is 2.80 bits per heavy atom. The van der Waals surface area contributed by atoms with Crippen LogP contribution in [0.3, 0.4) is 0 Å². The van der Waals surface area contributed by atoms with Gasteiger partial charge in [-0.3, -0.25) is 0 Å². The average molecular weight is 143 g/mol. The Balaban J connectivity index is 2.51. The maximum Gasteiger partial charge on any atom is 0.163 e. The summed E-state index contributed by atoms with van der Waals surface area (Å²) < 4.78 is 10.3. The summed E-state index contributed by atoms with van der Waals surface area (Å²) in [6.45, 7) is 3.90. The quantitative estimate of drug-likeness (QED) is 0.316. The van der Waals surface area contributed by atoms with Crippen LogP contribution in [0.15, 0.2) is 5.11 Å². The van der Waals surface area contributed by atoms with Crippen molar-refractivity contribution in [1.29, 1.82) is 0 Å². The van der Waals surface area contributed by atoms with Crippen LogP contribution in [0.1, 0.15) is 13.8 Å². The summed E-state index contributed by atoms with van der Waals surface area (Å²) in [5.41, 5.74) is 8.02. The van der Waals surface area contributed by atoms with E-state index in [1.165, 1.54) is 0 Å². The van der Waals surface area contributed by atoms with E-state index in [2.05, 4.69) is 10.0 Å². The van der Waals surface area contributed by atoms with Crippen LogP contribution in [0.25, 0.3) is 10.4 Å². The third kappa shape index (κ3) is 1.60. The third-order valence-corrected chi connectivity index (χ3v) is 1.17. The molecule has 1 atom stereocenters. The van der Waals surface area contributed by atoms with Gasteiger partial charge in [-0.05, 0) is 19.4 Å². The Bertz CT molecular complexity index is 174. The van der Waals surface area contributed by atoms with Gasteiger partial charge in [0.25, 0.3) is 0 Å². The number of hydrogen-bond acceptors (Lipinski definition) is 3. The predicted octanol–water partition coefficient (Wildman–Crippen LogP) is 1.41. The molecule has 56 valence electrons. The third-order valence-electron chi connectivity index (χ3n) is 1.17. The van der Waals surface area contributed by atoms with Gasteiger partial charge in [0.05, 0.1) is 6.61 Å². The lowest BCUT2D eigenvalue weighted by molar-refractivity contribution is -0.137. The van der Waals surface area contributed by atoms with Crippen LogP contribution in [-0.2, 0) is 9.47 Å². The van der Waals surface area contributed by atoms with E-state index in [1.807, 2.05) is 0 Å². The Morgan fingerprint density at radius 1 is 1.70 bits per heavy atom. The zero-order valence-corrected chi connectivity index (χ0v) is 5.94. The lowest BCUT2D eigenvalue weighted by atomic mass is 10.4. The fraction of sp³-hybridized carbons (Fsp3) is 1.00. The van der Waals surface area contributed by atoms with Crippen LogP contribution in [-0.4, -0.2) is 18.6 Å². The molecule has 5 nitrogen and oxygen atoms in total. The minimum Gasteiger partial charge on any atom is -0.348 e. The first-order chi connectivity index (χ1) is 4.64. The maximum absolute atomic E-state index is 8.02. The highest BCUT2D eigenvalue weighted by Crippen LogP contribution is 2.22. The molecule has 0 N–H and O–H groups in total. The number of rotatable bonds is 1. The van der Waals surface area contributed by atoms with Gasteiger partial charge in [-0.25, -0.2) is 0 Å². The maximum atomic E-state index is 8.02. The molecule has 0 bridgehead atoms. The molecule has 1 aliphatic heterocycles. The van der Waals surface area contributed by atoms with Crippen molar-refractivity contribution in [2.45, 2.75) is 25.9 Å². The number of ether oxygens (including phenoxy) is 2. The summed E-state index contributed by atoms with van der Waals surface area (Å²) in [6.07, 6.45) is -0.458. The monoisotopic (exact) mass is 143 g/mol. The molecule has 0 spiro atoms. The highest BCUT2D eigenvalue weighted by Gasteiger charge is 2.31. The SMILES string of the molecule is CC1(C)OCC(N=[N+]=[N-])O1. The van der Waals surface area contributed by atoms with Gasteiger partial charge in [-0.1, -0.05) is 5.11 Å². The normalized spacial score (nSPS) is 29.6. The molecule has 0 aromatic carbocycles. The van der Waals surface area contributed by atoms with Crippen molar-refractivity contribution in [2.24, 2.45) is 5.11 Å². The first-order valence-corrected chi connectivity index (χ1v) is 3.00. The minimum atomic E-state index is -0.598. The molecule has 10 heavy (non-hydrogen) atoms. The van der Waals surface area contributed by atoms with Gasteiger partial charge in [0, 0.05) is 4.91 Å². The Hall–Kier alpha value is -0.770. The van der Waals surface area contributed by atoms with Gasteiger partial charge in [0.1, 0.15) is 0 Å². The van der Waals surface area contributed by atoms with Gasteiger partial charge in [0.15, 0.2) is 12.0 Å². The van der Waals surface area contributed by atoms with E-state index in [1.54, 1.807) is 13.8 Å². The second kappa shape index (κ2) is 2.46. The summed E-state index contributed by atoms with van der Waals surface area (Å²) in [5, 5.41) is 3.35. The first-order valence-electron chi connectivity index (χ1n) is 3.00. The molecule has 1 heterocycles. The fourth-order valence-corrected chi connectivity index (χ4v) is 0.782. The molecule has 0 aromatic heterocycles. The Morgan fingerprint density at radius 2 is 2.40 bits per heavy atom. The summed E-state index contributed by atoms with van der Waals surface area (Å²) in [4.78, 5) is 2.60. The Kier molecular flexibility index (Phi) is 1.80. The summed E-state index contributed by atoms with van der Waals surface area (Å²) in [5.74, 6) is -0.598. The summed E-state index contributed by atoms with van der Waals surface area (Å²) >= 11 is 0. The van der Waals surface area contributed by atoms with Crippen molar-refractivity contribution < 1.29 is 9.47 Å². The number of nitrogens with zero attached hydrogens (tertiary/aromatic N) is 3. The molecule has 5 heteroatoms. The number of azide groups is 1. The molecular weight excluding hydrogens is 134 g/mol. The van der Waals surface area contributed by atoms with Gasteiger partial charge in [-0.2, -0.15) is 0 Å². The van der Waals surface area contributed by atoms with Crippen molar-refractivity contribution >= 4 is 0 Å². The topological polar surface area (TPSA) is 67.2 Å². The van der Waals surface area contributed by atoms with Gasteiger partial charge in [0.2, 0.25) is 0 Å². The summed E-state index contributed by atoms with van der Waals surface area (Å²) in [6, 6.07) is 0. The van der Waals surface area contributed by atoms with Crippen molar-refractivity contribution in [2.75, 3.05) is 6.61 Å². The molecule has 0 aromatic rings. The van der Waals surface area contributed by atoms with Gasteiger partial charge in [-0.15, -0.1) is 0 Å². The molecule has 0 radical (unpaired) electrons. The highest BCUT2D eigenvalue weighted by molar-refractivity contribution is 4.68. The van der Waals surface area contributed by atoms with Crippen molar-refractivity contribution in [1.82, 2.24) is 0 Å². The van der Waals surface area contributed by atoms with Crippen LogP contribution in [0.4, 0.5) is 0 Å². The predicted molar refractivity (Wildman–Crippen MR) is 34.0 cm³/mol. The molecule has 1 rings (SSSR count). The van der Waals surface area contributed by atoms with Gasteiger partial charge >= 0.3 is 0 Å². The first kappa shape index (κ1) is 7.34. The van der Waals surface area contributed by atoms with Crippen molar-refractivity contribution in [3.8, 4) is 0 Å². The molecule has 1 unspecified atom stereocenters. The molecule has 1 saturated heterocycles. The lowest BCUT2D eigenvalue weighted by Gasteiger charge is -2.15. The highest BCUT2D eigenvalue weighted by atomic mass is 16.7. The van der Waals surface area contributed by atoms with Crippen LogP contribution in [0.2, 0.25) is 0 Å². The van der Waals surface area contributed by atoms with E-state index in [9.17, 15) is 0 Å². The van der Waals surface area contributed by atoms with E-state index in [4.69, 9.17) is 15.0 Å². The molecular formula is C5H9N3O2.